The van der Waals surface area contributed by atoms with Crippen LogP contribution < -0.4 is 14.4 Å². The molecule has 0 bridgehead atoms. The van der Waals surface area contributed by atoms with Gasteiger partial charge in [0.25, 0.3) is 0 Å². The molecule has 0 unspecified atom stereocenters. The van der Waals surface area contributed by atoms with Crippen molar-refractivity contribution in [1.29, 1.82) is 0 Å². The molecule has 8 nitrogen and oxygen atoms in total. The maximum atomic E-state index is 12.9. The van der Waals surface area contributed by atoms with Crippen molar-refractivity contribution >= 4 is 17.9 Å². The van der Waals surface area contributed by atoms with Crippen molar-refractivity contribution in [1.82, 2.24) is 19.8 Å². The third-order valence-corrected chi connectivity index (χ3v) is 7.54. The fourth-order valence-corrected chi connectivity index (χ4v) is 5.11. The van der Waals surface area contributed by atoms with Crippen LogP contribution >= 0.6 is 0 Å². The van der Waals surface area contributed by atoms with Crippen molar-refractivity contribution in [2.24, 2.45) is 0 Å². The van der Waals surface area contributed by atoms with Gasteiger partial charge in [-0.25, -0.2) is 9.97 Å². The van der Waals surface area contributed by atoms with Crippen molar-refractivity contribution in [3.05, 3.63) is 47.3 Å². The molecular formula is C27H35N5O3. The minimum Gasteiger partial charge on any atom is -0.493 e. The first-order chi connectivity index (χ1) is 17.1. The molecule has 0 spiro atoms. The number of nitrogens with zero attached hydrogens (tertiary/aromatic N) is 5. The second-order valence-electron chi connectivity index (χ2n) is 9.52. The van der Waals surface area contributed by atoms with Crippen molar-refractivity contribution < 1.29 is 14.3 Å². The van der Waals surface area contributed by atoms with Crippen LogP contribution in [0.2, 0.25) is 0 Å². The summed E-state index contributed by atoms with van der Waals surface area (Å²) in [4.78, 5) is 29.4. The summed E-state index contributed by atoms with van der Waals surface area (Å²) in [5.41, 5.74) is 3.12. The van der Waals surface area contributed by atoms with Crippen LogP contribution in [-0.4, -0.2) is 85.2 Å². The summed E-state index contributed by atoms with van der Waals surface area (Å²) in [6, 6.07) is 6.42. The number of benzene rings is 1. The van der Waals surface area contributed by atoms with Gasteiger partial charge in [-0.2, -0.15) is 0 Å². The van der Waals surface area contributed by atoms with Gasteiger partial charge in [-0.1, -0.05) is 12.5 Å². The highest BCUT2D eigenvalue weighted by Gasteiger charge is 2.29. The van der Waals surface area contributed by atoms with Crippen molar-refractivity contribution in [2.75, 3.05) is 58.4 Å². The first kappa shape index (κ1) is 23.6. The van der Waals surface area contributed by atoms with Gasteiger partial charge >= 0.3 is 0 Å². The number of hydrogen-bond donors (Lipinski definition) is 0. The molecule has 8 heteroatoms. The molecule has 1 saturated heterocycles. The second-order valence-corrected chi connectivity index (χ2v) is 9.52. The van der Waals surface area contributed by atoms with E-state index in [0.717, 1.165) is 67.8 Å². The van der Waals surface area contributed by atoms with E-state index in [4.69, 9.17) is 19.4 Å². The van der Waals surface area contributed by atoms with Crippen molar-refractivity contribution in [3.8, 4) is 11.5 Å². The lowest BCUT2D eigenvalue weighted by Gasteiger charge is -2.43. The van der Waals surface area contributed by atoms with Gasteiger partial charge in [-0.3, -0.25) is 9.69 Å². The first-order valence-electron chi connectivity index (χ1n) is 12.7. The van der Waals surface area contributed by atoms with E-state index in [0.29, 0.717) is 24.6 Å². The van der Waals surface area contributed by atoms with E-state index in [2.05, 4.69) is 9.80 Å². The Labute approximate surface area is 207 Å². The molecule has 3 heterocycles. The number of amides is 1. The summed E-state index contributed by atoms with van der Waals surface area (Å²) >= 11 is 0. The molecule has 186 valence electrons. The normalized spacial score (nSPS) is 19.3. The molecule has 0 radical (unpaired) electrons. The Morgan fingerprint density at radius 3 is 2.49 bits per heavy atom. The van der Waals surface area contributed by atoms with E-state index < -0.39 is 0 Å². The van der Waals surface area contributed by atoms with Crippen molar-refractivity contribution in [2.45, 2.75) is 38.1 Å². The predicted molar refractivity (Wildman–Crippen MR) is 136 cm³/mol. The number of ether oxygens (including phenoxy) is 2. The average molecular weight is 478 g/mol. The Morgan fingerprint density at radius 1 is 1.00 bits per heavy atom. The van der Waals surface area contributed by atoms with E-state index in [9.17, 15) is 4.79 Å². The molecule has 2 aromatic rings. The molecule has 0 atom stereocenters. The fraction of sp³-hybridized carbons (Fsp3) is 0.519. The standard InChI is InChI=1S/C27H35N5O3/c1-34-24-8-6-20(18-25(24)35-2)7-9-26(33)31-12-10-21-19-28-27(29-23(21)11-13-31)32-16-14-30(15-17-32)22-4-3-5-22/h6-9,18-19,22H,3-5,10-17H2,1-2H3/b9-7+. The molecule has 35 heavy (non-hydrogen) atoms. The lowest BCUT2D eigenvalue weighted by molar-refractivity contribution is -0.125. The topological polar surface area (TPSA) is 71.0 Å². The summed E-state index contributed by atoms with van der Waals surface area (Å²) in [5.74, 6) is 2.16. The third kappa shape index (κ3) is 5.27. The highest BCUT2D eigenvalue weighted by atomic mass is 16.5. The third-order valence-electron chi connectivity index (χ3n) is 7.54. The highest BCUT2D eigenvalue weighted by molar-refractivity contribution is 5.92. The van der Waals surface area contributed by atoms with E-state index in [1.807, 2.05) is 35.4 Å². The number of carbonyl (C=O) groups excluding carboxylic acids is 1. The summed E-state index contributed by atoms with van der Waals surface area (Å²) in [5, 5.41) is 0. The van der Waals surface area contributed by atoms with Crippen LogP contribution in [0.5, 0.6) is 11.5 Å². The Bertz CT molecular complexity index is 1080. The van der Waals surface area contributed by atoms with Gasteiger partial charge in [-0.15, -0.1) is 0 Å². The Hall–Kier alpha value is -3.13. The smallest absolute Gasteiger partial charge is 0.246 e. The Kier molecular flexibility index (Phi) is 7.18. The lowest BCUT2D eigenvalue weighted by Crippen LogP contribution is -2.52. The zero-order chi connectivity index (χ0) is 24.2. The Balaban J connectivity index is 1.19. The van der Waals surface area contributed by atoms with E-state index in [1.165, 1.54) is 19.3 Å². The minimum absolute atomic E-state index is 0.00731. The van der Waals surface area contributed by atoms with Crippen LogP contribution in [0.25, 0.3) is 6.08 Å². The average Bonchev–Trinajstić information content (AvgIpc) is 3.09. The molecule has 2 fully saturated rings. The number of methoxy groups -OCH3 is 2. The molecule has 1 amide bonds. The van der Waals surface area contributed by atoms with E-state index in [-0.39, 0.29) is 5.91 Å². The first-order valence-corrected chi connectivity index (χ1v) is 12.7. The summed E-state index contributed by atoms with van der Waals surface area (Å²) in [6.45, 7) is 5.50. The molecule has 1 aromatic heterocycles. The van der Waals surface area contributed by atoms with Gasteiger partial charge in [0.05, 0.1) is 19.9 Å². The van der Waals surface area contributed by atoms with Crippen LogP contribution in [0.1, 0.15) is 36.1 Å². The summed E-state index contributed by atoms with van der Waals surface area (Å²) < 4.78 is 10.6. The molecule has 2 aliphatic heterocycles. The molecule has 3 aliphatic rings. The predicted octanol–water partition coefficient (Wildman–Crippen LogP) is 2.81. The highest BCUT2D eigenvalue weighted by Crippen LogP contribution is 2.28. The van der Waals surface area contributed by atoms with Gasteiger partial charge in [-0.05, 0) is 48.6 Å². The van der Waals surface area contributed by atoms with E-state index in [1.54, 1.807) is 20.3 Å². The van der Waals surface area contributed by atoms with Gasteiger partial charge in [0.15, 0.2) is 11.5 Å². The number of rotatable bonds is 6. The summed E-state index contributed by atoms with van der Waals surface area (Å²) in [7, 11) is 3.21. The molecule has 0 N–H and O–H groups in total. The monoisotopic (exact) mass is 477 g/mol. The number of piperazine rings is 1. The number of carbonyl (C=O) groups is 1. The zero-order valence-electron chi connectivity index (χ0n) is 20.8. The maximum absolute atomic E-state index is 12.9. The fourth-order valence-electron chi connectivity index (χ4n) is 5.11. The van der Waals surface area contributed by atoms with Crippen LogP contribution in [0.3, 0.4) is 0 Å². The summed E-state index contributed by atoms with van der Waals surface area (Å²) in [6.07, 6.45) is 11.1. The number of aromatic nitrogens is 2. The number of anilines is 1. The van der Waals surface area contributed by atoms with Gasteiger partial charge in [0, 0.05) is 64.0 Å². The van der Waals surface area contributed by atoms with Crippen molar-refractivity contribution in [3.63, 3.8) is 0 Å². The molecule has 1 aromatic carbocycles. The number of fused-ring (bicyclic) bond motifs is 1. The zero-order valence-corrected chi connectivity index (χ0v) is 20.8. The maximum Gasteiger partial charge on any atom is 0.246 e. The van der Waals surface area contributed by atoms with Crippen LogP contribution in [0.15, 0.2) is 30.5 Å². The van der Waals surface area contributed by atoms with Crippen LogP contribution in [0, 0.1) is 0 Å². The Morgan fingerprint density at radius 2 is 1.77 bits per heavy atom. The van der Waals surface area contributed by atoms with Gasteiger partial charge in [0.1, 0.15) is 0 Å². The van der Waals surface area contributed by atoms with Gasteiger partial charge in [0.2, 0.25) is 11.9 Å². The lowest BCUT2D eigenvalue weighted by atomic mass is 9.91. The molecule has 1 aliphatic carbocycles. The number of hydrogen-bond acceptors (Lipinski definition) is 7. The molecule has 1 saturated carbocycles. The van der Waals surface area contributed by atoms with Gasteiger partial charge < -0.3 is 19.3 Å². The second kappa shape index (κ2) is 10.6. The minimum atomic E-state index is 0.00731. The van der Waals surface area contributed by atoms with Crippen LogP contribution in [0.4, 0.5) is 5.95 Å². The largest absolute Gasteiger partial charge is 0.493 e. The molecule has 5 rings (SSSR count). The molecular weight excluding hydrogens is 442 g/mol. The van der Waals surface area contributed by atoms with E-state index >= 15 is 0 Å². The SMILES string of the molecule is COc1ccc(/C=C/C(=O)N2CCc3cnc(N4CCN(C5CCC5)CC4)nc3CC2)cc1OC. The quantitative estimate of drug-likeness (QED) is 0.593. The van der Waals surface area contributed by atoms with Crippen LogP contribution in [-0.2, 0) is 17.6 Å².